The predicted molar refractivity (Wildman–Crippen MR) is 69.5 cm³/mol. The normalized spacial score (nSPS) is 18.8. The van der Waals surface area contributed by atoms with Gasteiger partial charge in [-0.3, -0.25) is 0 Å². The van der Waals surface area contributed by atoms with Gasteiger partial charge in [0.2, 0.25) is 0 Å². The molecule has 1 rings (SSSR count). The Bertz CT molecular complexity index is 286. The zero-order valence-corrected chi connectivity index (χ0v) is 11.3. The summed E-state index contributed by atoms with van der Waals surface area (Å²) in [4.78, 5) is 24.5. The average molecular weight is 256 g/mol. The van der Waals surface area contributed by atoms with Crippen LogP contribution in [0.25, 0.3) is 0 Å². The number of carbonyl (C=O) groups is 2. The van der Waals surface area contributed by atoms with Gasteiger partial charge in [-0.25, -0.2) is 9.59 Å². The second kappa shape index (κ2) is 7.24. The van der Waals surface area contributed by atoms with Gasteiger partial charge < -0.3 is 15.3 Å². The quantitative estimate of drug-likeness (QED) is 0.758. The van der Waals surface area contributed by atoms with Gasteiger partial charge in [0.25, 0.3) is 0 Å². The van der Waals surface area contributed by atoms with Gasteiger partial charge in [0.1, 0.15) is 6.04 Å². The fourth-order valence-corrected chi connectivity index (χ4v) is 2.40. The molecule has 18 heavy (non-hydrogen) atoms. The molecule has 0 aromatic carbocycles. The molecule has 1 fully saturated rings. The molecule has 1 aliphatic rings. The van der Waals surface area contributed by atoms with Crippen LogP contribution in [0.2, 0.25) is 0 Å². The van der Waals surface area contributed by atoms with Crippen molar-refractivity contribution in [3.05, 3.63) is 0 Å². The second-order valence-corrected chi connectivity index (χ2v) is 5.00. The summed E-state index contributed by atoms with van der Waals surface area (Å²) in [6, 6.07) is -0.805. The Morgan fingerprint density at radius 2 is 1.83 bits per heavy atom. The van der Waals surface area contributed by atoms with Crippen LogP contribution in [-0.4, -0.2) is 41.1 Å². The van der Waals surface area contributed by atoms with Crippen molar-refractivity contribution in [3.63, 3.8) is 0 Å². The largest absolute Gasteiger partial charge is 0.480 e. The minimum absolute atomic E-state index is 0.249. The average Bonchev–Trinajstić information content (AvgIpc) is 2.62. The standard InChI is InChI=1S/C13H24N2O3/c1-3-11(12(16)17)14-13(18)15(2)10-8-6-4-5-7-9-10/h10-11H,3-9H2,1-2H3,(H,14,18)(H,16,17)/t11-/m0/s1. The van der Waals surface area contributed by atoms with Gasteiger partial charge in [0.15, 0.2) is 0 Å². The van der Waals surface area contributed by atoms with E-state index in [1.807, 2.05) is 0 Å². The molecule has 0 unspecified atom stereocenters. The molecule has 5 nitrogen and oxygen atoms in total. The molecule has 0 spiro atoms. The zero-order chi connectivity index (χ0) is 13.5. The monoisotopic (exact) mass is 256 g/mol. The SMILES string of the molecule is CC[C@H](NC(=O)N(C)C1CCCCCC1)C(=O)O. The molecule has 1 aliphatic carbocycles. The summed E-state index contributed by atoms with van der Waals surface area (Å²) >= 11 is 0. The summed E-state index contributed by atoms with van der Waals surface area (Å²) < 4.78 is 0. The van der Waals surface area contributed by atoms with E-state index in [4.69, 9.17) is 5.11 Å². The van der Waals surface area contributed by atoms with Crippen molar-refractivity contribution < 1.29 is 14.7 Å². The van der Waals surface area contributed by atoms with Crippen LogP contribution in [0.5, 0.6) is 0 Å². The van der Waals surface area contributed by atoms with E-state index in [1.165, 1.54) is 12.8 Å². The highest BCUT2D eigenvalue weighted by molar-refractivity contribution is 5.82. The number of urea groups is 1. The zero-order valence-electron chi connectivity index (χ0n) is 11.3. The molecule has 0 aromatic heterocycles. The Morgan fingerprint density at radius 3 is 2.28 bits per heavy atom. The van der Waals surface area contributed by atoms with E-state index >= 15 is 0 Å². The lowest BCUT2D eigenvalue weighted by Gasteiger charge is -2.28. The van der Waals surface area contributed by atoms with E-state index in [9.17, 15) is 9.59 Å². The van der Waals surface area contributed by atoms with Crippen molar-refractivity contribution in [2.24, 2.45) is 0 Å². The highest BCUT2D eigenvalue weighted by atomic mass is 16.4. The van der Waals surface area contributed by atoms with Gasteiger partial charge in [0, 0.05) is 13.1 Å². The maximum Gasteiger partial charge on any atom is 0.326 e. The van der Waals surface area contributed by atoms with E-state index in [1.54, 1.807) is 18.9 Å². The summed E-state index contributed by atoms with van der Waals surface area (Å²) in [5.74, 6) is -0.972. The highest BCUT2D eigenvalue weighted by Gasteiger charge is 2.24. The third kappa shape index (κ3) is 4.20. The molecule has 0 bridgehead atoms. The molecule has 0 heterocycles. The van der Waals surface area contributed by atoms with Crippen LogP contribution in [-0.2, 0) is 4.79 Å². The van der Waals surface area contributed by atoms with Crippen molar-refractivity contribution >= 4 is 12.0 Å². The molecule has 5 heteroatoms. The molecule has 0 radical (unpaired) electrons. The number of amides is 2. The van der Waals surface area contributed by atoms with E-state index in [2.05, 4.69) is 5.32 Å². The van der Waals surface area contributed by atoms with Crippen molar-refractivity contribution in [1.29, 1.82) is 0 Å². The summed E-state index contributed by atoms with van der Waals surface area (Å²) in [6.07, 6.45) is 7.22. The van der Waals surface area contributed by atoms with Gasteiger partial charge in [0.05, 0.1) is 0 Å². The minimum atomic E-state index is -0.972. The van der Waals surface area contributed by atoms with E-state index in [-0.39, 0.29) is 12.1 Å². The molecule has 0 saturated heterocycles. The van der Waals surface area contributed by atoms with Crippen molar-refractivity contribution in [2.45, 2.75) is 64.0 Å². The number of aliphatic carboxylic acids is 1. The molecular formula is C13H24N2O3. The molecule has 2 N–H and O–H groups in total. The number of nitrogens with zero attached hydrogens (tertiary/aromatic N) is 1. The maximum atomic E-state index is 12.0. The fourth-order valence-electron chi connectivity index (χ4n) is 2.40. The Morgan fingerprint density at radius 1 is 1.28 bits per heavy atom. The van der Waals surface area contributed by atoms with E-state index in [0.717, 1.165) is 25.7 Å². The van der Waals surface area contributed by atoms with Crippen LogP contribution >= 0.6 is 0 Å². The van der Waals surface area contributed by atoms with Gasteiger partial charge in [-0.1, -0.05) is 32.6 Å². The lowest BCUT2D eigenvalue weighted by atomic mass is 10.1. The Hall–Kier alpha value is -1.26. The molecule has 0 aliphatic heterocycles. The van der Waals surface area contributed by atoms with Gasteiger partial charge in [-0.05, 0) is 19.3 Å². The van der Waals surface area contributed by atoms with E-state index in [0.29, 0.717) is 6.42 Å². The number of hydrogen-bond acceptors (Lipinski definition) is 2. The molecule has 1 atom stereocenters. The smallest absolute Gasteiger partial charge is 0.326 e. The first-order chi connectivity index (χ1) is 8.56. The Labute approximate surface area is 109 Å². The van der Waals surface area contributed by atoms with Crippen molar-refractivity contribution in [2.75, 3.05) is 7.05 Å². The third-order valence-electron chi connectivity index (χ3n) is 3.70. The molecule has 1 saturated carbocycles. The van der Waals surface area contributed by atoms with Crippen LogP contribution in [0.15, 0.2) is 0 Å². The minimum Gasteiger partial charge on any atom is -0.480 e. The Kier molecular flexibility index (Phi) is 5.95. The highest BCUT2D eigenvalue weighted by Crippen LogP contribution is 2.21. The summed E-state index contributed by atoms with van der Waals surface area (Å²) in [5.41, 5.74) is 0. The molecule has 104 valence electrons. The first-order valence-electron chi connectivity index (χ1n) is 6.82. The maximum absolute atomic E-state index is 12.0. The fraction of sp³-hybridized carbons (Fsp3) is 0.846. The van der Waals surface area contributed by atoms with E-state index < -0.39 is 12.0 Å². The number of hydrogen-bond donors (Lipinski definition) is 2. The van der Waals surface area contributed by atoms with Gasteiger partial charge >= 0.3 is 12.0 Å². The van der Waals surface area contributed by atoms with Crippen LogP contribution in [0.3, 0.4) is 0 Å². The number of carboxylic acid groups (broad SMARTS) is 1. The first kappa shape index (κ1) is 14.8. The topological polar surface area (TPSA) is 69.6 Å². The number of rotatable bonds is 4. The lowest BCUT2D eigenvalue weighted by Crippen LogP contribution is -2.49. The summed E-state index contributed by atoms with van der Waals surface area (Å²) in [5, 5.41) is 11.5. The first-order valence-corrected chi connectivity index (χ1v) is 6.82. The number of carbonyl (C=O) groups excluding carboxylic acids is 1. The molecule has 2 amide bonds. The molecule has 0 aromatic rings. The van der Waals surface area contributed by atoms with Crippen LogP contribution in [0.1, 0.15) is 51.9 Å². The van der Waals surface area contributed by atoms with Crippen LogP contribution in [0.4, 0.5) is 4.79 Å². The number of nitrogens with one attached hydrogen (secondary N) is 1. The van der Waals surface area contributed by atoms with Crippen molar-refractivity contribution in [1.82, 2.24) is 10.2 Å². The van der Waals surface area contributed by atoms with Crippen molar-refractivity contribution in [3.8, 4) is 0 Å². The number of carboxylic acids is 1. The Balaban J connectivity index is 2.51. The summed E-state index contributed by atoms with van der Waals surface area (Å²) in [6.45, 7) is 1.75. The van der Waals surface area contributed by atoms with Gasteiger partial charge in [-0.2, -0.15) is 0 Å². The summed E-state index contributed by atoms with van der Waals surface area (Å²) in [7, 11) is 1.76. The lowest BCUT2D eigenvalue weighted by molar-refractivity contribution is -0.139. The molecular weight excluding hydrogens is 232 g/mol. The second-order valence-electron chi connectivity index (χ2n) is 5.00. The van der Waals surface area contributed by atoms with Gasteiger partial charge in [-0.15, -0.1) is 0 Å². The predicted octanol–water partition coefficient (Wildman–Crippen LogP) is 2.21. The third-order valence-corrected chi connectivity index (χ3v) is 3.70. The van der Waals surface area contributed by atoms with Crippen LogP contribution in [0, 0.1) is 0 Å². The van der Waals surface area contributed by atoms with Crippen LogP contribution < -0.4 is 5.32 Å².